The highest BCUT2D eigenvalue weighted by Crippen LogP contribution is 2.59. The number of aromatic nitrogens is 3. The average molecular weight is 414 g/mol. The van der Waals surface area contributed by atoms with Gasteiger partial charge in [-0.3, -0.25) is 0 Å². The topological polar surface area (TPSA) is 86.2 Å². The van der Waals surface area contributed by atoms with E-state index in [9.17, 15) is 22.7 Å². The number of hydrogen-bond donors (Lipinski definition) is 2. The minimum atomic E-state index is -4.91. The van der Waals surface area contributed by atoms with Gasteiger partial charge in [-0.15, -0.1) is 13.2 Å². The monoisotopic (exact) mass is 414 g/mol. The van der Waals surface area contributed by atoms with Crippen LogP contribution in [0.15, 0.2) is 18.5 Å². The molecule has 3 aliphatic carbocycles. The molecule has 5 rings (SSSR count). The number of nitrogens with two attached hydrogens (primary N) is 1. The number of halogens is 4. The first kappa shape index (κ1) is 19.9. The van der Waals surface area contributed by atoms with Crippen molar-refractivity contribution in [2.75, 3.05) is 5.73 Å². The molecule has 0 radical (unpaired) electrons. The van der Waals surface area contributed by atoms with Crippen LogP contribution in [0.1, 0.15) is 45.0 Å². The van der Waals surface area contributed by atoms with Crippen LogP contribution in [0.5, 0.6) is 5.75 Å². The van der Waals surface area contributed by atoms with Gasteiger partial charge in [0.1, 0.15) is 18.1 Å². The van der Waals surface area contributed by atoms with Crippen LogP contribution in [-0.2, 0) is 5.54 Å². The molecule has 0 spiro atoms. The van der Waals surface area contributed by atoms with Crippen LogP contribution in [0.2, 0.25) is 0 Å². The van der Waals surface area contributed by atoms with Crippen LogP contribution >= 0.6 is 0 Å². The average Bonchev–Trinajstić information content (AvgIpc) is 3.24. The van der Waals surface area contributed by atoms with Crippen molar-refractivity contribution in [3.8, 4) is 17.0 Å². The predicted molar refractivity (Wildman–Crippen MR) is 96.6 cm³/mol. The highest BCUT2D eigenvalue weighted by Gasteiger charge is 2.58. The predicted octanol–water partition coefficient (Wildman–Crippen LogP) is 3.96. The Morgan fingerprint density at radius 1 is 1.31 bits per heavy atom. The van der Waals surface area contributed by atoms with Crippen molar-refractivity contribution in [1.29, 1.82) is 0 Å². The fourth-order valence-corrected chi connectivity index (χ4v) is 4.39. The Balaban J connectivity index is 1.76. The summed E-state index contributed by atoms with van der Waals surface area (Å²) < 4.78 is 57.7. The van der Waals surface area contributed by atoms with Crippen molar-refractivity contribution in [2.24, 2.45) is 11.8 Å². The van der Waals surface area contributed by atoms with E-state index >= 15 is 0 Å². The molecular formula is C19H22F4N4O2. The van der Waals surface area contributed by atoms with Crippen molar-refractivity contribution >= 4 is 5.82 Å². The van der Waals surface area contributed by atoms with Crippen LogP contribution in [0, 0.1) is 11.8 Å². The molecule has 0 aromatic carbocycles. The third-order valence-corrected chi connectivity index (χ3v) is 5.91. The van der Waals surface area contributed by atoms with E-state index in [0.717, 1.165) is 6.07 Å². The van der Waals surface area contributed by atoms with E-state index in [1.54, 1.807) is 6.20 Å². The van der Waals surface area contributed by atoms with Gasteiger partial charge >= 0.3 is 6.36 Å². The van der Waals surface area contributed by atoms with E-state index in [-0.39, 0.29) is 17.4 Å². The van der Waals surface area contributed by atoms with Gasteiger partial charge in [0.15, 0.2) is 11.6 Å². The zero-order chi connectivity index (χ0) is 21.1. The number of ether oxygens (including phenoxy) is 1. The summed E-state index contributed by atoms with van der Waals surface area (Å²) >= 11 is 0. The first-order valence-electron chi connectivity index (χ1n) is 9.42. The summed E-state index contributed by atoms with van der Waals surface area (Å²) in [5.74, 6) is -0.786. The van der Waals surface area contributed by atoms with Crippen molar-refractivity contribution < 1.29 is 27.4 Å². The third-order valence-electron chi connectivity index (χ3n) is 5.91. The minimum absolute atomic E-state index is 0.00914. The lowest BCUT2D eigenvalue weighted by molar-refractivity contribution is -0.274. The molecule has 29 heavy (non-hydrogen) atoms. The van der Waals surface area contributed by atoms with Gasteiger partial charge in [-0.1, -0.05) is 13.8 Å². The number of anilines is 1. The summed E-state index contributed by atoms with van der Waals surface area (Å²) in [5, 5.41) is 10.7. The van der Waals surface area contributed by atoms with Gasteiger partial charge in [0, 0.05) is 29.9 Å². The van der Waals surface area contributed by atoms with Crippen LogP contribution in [-0.4, -0.2) is 32.2 Å². The first-order valence-corrected chi connectivity index (χ1v) is 9.42. The largest absolute Gasteiger partial charge is 0.573 e. The maximum absolute atomic E-state index is 14.1. The Kier molecular flexibility index (Phi) is 4.52. The summed E-state index contributed by atoms with van der Waals surface area (Å²) in [6, 6.07) is 1.11. The fraction of sp³-hybridized carbons (Fsp3) is 0.579. The van der Waals surface area contributed by atoms with E-state index in [4.69, 9.17) is 5.73 Å². The SMILES string of the molecule is CC(C)[C@@H](O)c1nc(-c2cnc(N)c(OC(F)(F)F)c2)cn1C12CC(F)C(C1)C2. The molecule has 0 saturated heterocycles. The van der Waals surface area contributed by atoms with Gasteiger partial charge < -0.3 is 20.1 Å². The smallest absolute Gasteiger partial charge is 0.402 e. The van der Waals surface area contributed by atoms with E-state index in [2.05, 4.69) is 14.7 Å². The number of imidazole rings is 1. The number of pyridine rings is 1. The van der Waals surface area contributed by atoms with Gasteiger partial charge in [-0.25, -0.2) is 14.4 Å². The number of nitrogen functional groups attached to an aromatic ring is 1. The molecule has 2 atom stereocenters. The van der Waals surface area contributed by atoms with Crippen molar-refractivity contribution in [3.05, 3.63) is 24.3 Å². The molecule has 2 heterocycles. The van der Waals surface area contributed by atoms with Gasteiger partial charge in [-0.2, -0.15) is 0 Å². The summed E-state index contributed by atoms with van der Waals surface area (Å²) in [4.78, 5) is 8.26. The van der Waals surface area contributed by atoms with E-state index in [0.29, 0.717) is 30.8 Å². The van der Waals surface area contributed by atoms with E-state index < -0.39 is 35.7 Å². The van der Waals surface area contributed by atoms with Crippen LogP contribution < -0.4 is 10.5 Å². The Labute approximate surface area is 164 Å². The number of aliphatic hydroxyl groups is 1. The summed E-state index contributed by atoms with van der Waals surface area (Å²) in [5.41, 5.74) is 5.62. The number of alkyl halides is 4. The van der Waals surface area contributed by atoms with E-state index in [1.807, 2.05) is 18.4 Å². The maximum Gasteiger partial charge on any atom is 0.573 e. The molecule has 10 heteroatoms. The Bertz CT molecular complexity index is 921. The maximum atomic E-state index is 14.1. The quantitative estimate of drug-likeness (QED) is 0.724. The molecule has 6 nitrogen and oxygen atoms in total. The molecule has 2 aromatic rings. The van der Waals surface area contributed by atoms with Gasteiger partial charge in [0.05, 0.1) is 5.69 Å². The molecule has 3 aliphatic rings. The highest BCUT2D eigenvalue weighted by molar-refractivity contribution is 5.64. The van der Waals surface area contributed by atoms with E-state index in [1.165, 1.54) is 6.20 Å². The second-order valence-electron chi connectivity index (χ2n) is 8.31. The number of rotatable bonds is 5. The fourth-order valence-electron chi connectivity index (χ4n) is 4.39. The molecule has 2 bridgehead atoms. The van der Waals surface area contributed by atoms with Gasteiger partial charge in [0.2, 0.25) is 0 Å². The summed E-state index contributed by atoms with van der Waals surface area (Å²) in [6.07, 6.45) is -2.10. The zero-order valence-corrected chi connectivity index (χ0v) is 15.9. The standard InChI is InChI=1S/C19H22F4N4O2/c1-9(2)15(28)17-26-13(8-27(17)18-4-11(5-18)12(20)6-18)10-3-14(16(24)25-7-10)29-19(21,22)23/h3,7-9,11-12,15,28H,4-6H2,1-2H3,(H2,24,25)/t11?,12?,15-,18?/m1/s1. The second kappa shape index (κ2) is 6.58. The normalized spacial score (nSPS) is 27.2. The highest BCUT2D eigenvalue weighted by atomic mass is 19.4. The second-order valence-corrected chi connectivity index (χ2v) is 8.31. The lowest BCUT2D eigenvalue weighted by Crippen LogP contribution is -2.40. The number of hydrogen-bond acceptors (Lipinski definition) is 5. The number of aliphatic hydroxyl groups excluding tert-OH is 1. The molecule has 3 fully saturated rings. The summed E-state index contributed by atoms with van der Waals surface area (Å²) in [7, 11) is 0. The van der Waals surface area contributed by atoms with Crippen LogP contribution in [0.3, 0.4) is 0 Å². The number of fused-ring (bicyclic) bond motifs is 1. The Morgan fingerprint density at radius 2 is 2.00 bits per heavy atom. The molecule has 0 amide bonds. The van der Waals surface area contributed by atoms with Gasteiger partial charge in [-0.05, 0) is 30.7 Å². The van der Waals surface area contributed by atoms with Gasteiger partial charge in [0.25, 0.3) is 0 Å². The zero-order valence-electron chi connectivity index (χ0n) is 15.9. The van der Waals surface area contributed by atoms with Crippen LogP contribution in [0.4, 0.5) is 23.4 Å². The minimum Gasteiger partial charge on any atom is -0.402 e. The molecule has 2 aromatic heterocycles. The molecule has 0 aliphatic heterocycles. The summed E-state index contributed by atoms with van der Waals surface area (Å²) in [6.45, 7) is 3.66. The van der Waals surface area contributed by atoms with Crippen molar-refractivity contribution in [1.82, 2.24) is 14.5 Å². The third kappa shape index (κ3) is 3.43. The molecule has 1 unspecified atom stereocenters. The molecule has 3 saturated carbocycles. The van der Waals surface area contributed by atoms with Crippen molar-refractivity contribution in [2.45, 2.75) is 57.3 Å². The molecule has 3 N–H and O–H groups in total. The Morgan fingerprint density at radius 3 is 2.55 bits per heavy atom. The Hall–Kier alpha value is -2.36. The molecular weight excluding hydrogens is 392 g/mol. The van der Waals surface area contributed by atoms with Crippen LogP contribution in [0.25, 0.3) is 11.3 Å². The lowest BCUT2D eigenvalue weighted by Gasteiger charge is -2.41. The lowest BCUT2D eigenvalue weighted by atomic mass is 9.76. The van der Waals surface area contributed by atoms with Crippen molar-refractivity contribution in [3.63, 3.8) is 0 Å². The molecule has 158 valence electrons. The first-order chi connectivity index (χ1) is 13.5. The number of nitrogens with zero attached hydrogens (tertiary/aromatic N) is 3.